The zero-order chi connectivity index (χ0) is 12.4. The Morgan fingerprint density at radius 1 is 1.56 bits per heavy atom. The van der Waals surface area contributed by atoms with E-state index in [4.69, 9.17) is 4.52 Å². The highest BCUT2D eigenvalue weighted by Crippen LogP contribution is 2.22. The average Bonchev–Trinajstić information content (AvgIpc) is 3.07. The number of nitrogens with zero attached hydrogens (tertiary/aromatic N) is 4. The van der Waals surface area contributed by atoms with E-state index in [0.29, 0.717) is 17.8 Å². The molecule has 2 aromatic heterocycles. The lowest BCUT2D eigenvalue weighted by Gasteiger charge is -2.12. The van der Waals surface area contributed by atoms with Gasteiger partial charge < -0.3 is 14.4 Å². The summed E-state index contributed by atoms with van der Waals surface area (Å²) >= 11 is 0. The molecule has 1 aliphatic rings. The molecular weight excluding hydrogens is 230 g/mol. The van der Waals surface area contributed by atoms with E-state index >= 15 is 0 Å². The molecule has 0 amide bonds. The predicted molar refractivity (Wildman–Crippen MR) is 64.9 cm³/mol. The molecule has 1 aliphatic heterocycles. The van der Waals surface area contributed by atoms with Crippen molar-refractivity contribution in [1.29, 1.82) is 0 Å². The molecule has 0 radical (unpaired) electrons. The molecule has 1 unspecified atom stereocenters. The molecule has 1 atom stereocenters. The minimum atomic E-state index is 0.442. The summed E-state index contributed by atoms with van der Waals surface area (Å²) in [5.74, 6) is 1.37. The van der Waals surface area contributed by atoms with Crippen LogP contribution in [-0.4, -0.2) is 26.2 Å². The number of hydrogen-bond acceptors (Lipinski definition) is 5. The van der Waals surface area contributed by atoms with E-state index in [0.717, 1.165) is 19.5 Å². The van der Waals surface area contributed by atoms with E-state index in [1.807, 2.05) is 19.4 Å². The topological polar surface area (TPSA) is 68.8 Å². The molecule has 1 N–H and O–H groups in total. The van der Waals surface area contributed by atoms with E-state index in [-0.39, 0.29) is 0 Å². The van der Waals surface area contributed by atoms with Crippen molar-refractivity contribution < 1.29 is 4.52 Å². The van der Waals surface area contributed by atoms with Crippen molar-refractivity contribution in [2.24, 2.45) is 0 Å². The van der Waals surface area contributed by atoms with Crippen molar-refractivity contribution in [3.63, 3.8) is 0 Å². The fourth-order valence-electron chi connectivity index (χ4n) is 2.40. The van der Waals surface area contributed by atoms with Gasteiger partial charge in [0.25, 0.3) is 0 Å². The highest BCUT2D eigenvalue weighted by Gasteiger charge is 2.19. The molecule has 0 spiro atoms. The SMILES string of the molecule is Cc1noc(CCn2cncc2C2CCCN2)n1. The third-order valence-corrected chi connectivity index (χ3v) is 3.30. The molecule has 1 fully saturated rings. The summed E-state index contributed by atoms with van der Waals surface area (Å²) in [5.41, 5.74) is 1.25. The van der Waals surface area contributed by atoms with E-state index in [1.165, 1.54) is 18.5 Å². The van der Waals surface area contributed by atoms with Crippen LogP contribution in [0, 0.1) is 6.92 Å². The van der Waals surface area contributed by atoms with E-state index in [9.17, 15) is 0 Å². The van der Waals surface area contributed by atoms with Gasteiger partial charge in [0.1, 0.15) is 0 Å². The first kappa shape index (κ1) is 11.4. The first-order chi connectivity index (χ1) is 8.83. The van der Waals surface area contributed by atoms with Gasteiger partial charge in [-0.3, -0.25) is 0 Å². The van der Waals surface area contributed by atoms with Gasteiger partial charge in [-0.25, -0.2) is 4.98 Å². The summed E-state index contributed by atoms with van der Waals surface area (Å²) in [6.45, 7) is 3.76. The first-order valence-electron chi connectivity index (χ1n) is 6.35. The van der Waals surface area contributed by atoms with Crippen LogP contribution < -0.4 is 5.32 Å². The normalized spacial score (nSPS) is 19.5. The van der Waals surface area contributed by atoms with Gasteiger partial charge in [0.05, 0.1) is 12.0 Å². The number of hydrogen-bond donors (Lipinski definition) is 1. The highest BCUT2D eigenvalue weighted by molar-refractivity contribution is 5.07. The second kappa shape index (κ2) is 4.89. The van der Waals surface area contributed by atoms with Gasteiger partial charge >= 0.3 is 0 Å². The largest absolute Gasteiger partial charge is 0.339 e. The second-order valence-electron chi connectivity index (χ2n) is 4.65. The number of aromatic nitrogens is 4. The van der Waals surface area contributed by atoms with Crippen molar-refractivity contribution in [1.82, 2.24) is 25.0 Å². The quantitative estimate of drug-likeness (QED) is 0.880. The van der Waals surface area contributed by atoms with Crippen LogP contribution in [0.25, 0.3) is 0 Å². The van der Waals surface area contributed by atoms with E-state index in [1.54, 1.807) is 0 Å². The third-order valence-electron chi connectivity index (χ3n) is 3.30. The first-order valence-corrected chi connectivity index (χ1v) is 6.35. The van der Waals surface area contributed by atoms with Gasteiger partial charge in [-0.05, 0) is 26.3 Å². The lowest BCUT2D eigenvalue weighted by atomic mass is 10.2. The predicted octanol–water partition coefficient (Wildman–Crippen LogP) is 1.24. The van der Waals surface area contributed by atoms with Gasteiger partial charge in [0.15, 0.2) is 5.82 Å². The molecule has 3 heterocycles. The number of aryl methyl sites for hydroxylation is 3. The van der Waals surface area contributed by atoms with Crippen molar-refractivity contribution in [2.75, 3.05) is 6.54 Å². The zero-order valence-electron chi connectivity index (χ0n) is 10.5. The number of nitrogens with one attached hydrogen (secondary N) is 1. The lowest BCUT2D eigenvalue weighted by molar-refractivity contribution is 0.367. The Labute approximate surface area is 105 Å². The van der Waals surface area contributed by atoms with Crippen LogP contribution in [0.15, 0.2) is 17.0 Å². The fraction of sp³-hybridized carbons (Fsp3) is 0.583. The molecule has 96 valence electrons. The van der Waals surface area contributed by atoms with Gasteiger partial charge in [0.2, 0.25) is 5.89 Å². The minimum absolute atomic E-state index is 0.442. The Morgan fingerprint density at radius 2 is 2.50 bits per heavy atom. The van der Waals surface area contributed by atoms with Crippen molar-refractivity contribution in [3.05, 3.63) is 29.9 Å². The Bertz CT molecular complexity index is 512. The van der Waals surface area contributed by atoms with Gasteiger partial charge in [0, 0.05) is 25.2 Å². The maximum atomic E-state index is 5.12. The van der Waals surface area contributed by atoms with E-state index < -0.39 is 0 Å². The summed E-state index contributed by atoms with van der Waals surface area (Å²) < 4.78 is 7.29. The monoisotopic (exact) mass is 247 g/mol. The zero-order valence-corrected chi connectivity index (χ0v) is 10.5. The summed E-state index contributed by atoms with van der Waals surface area (Å²) in [4.78, 5) is 8.45. The standard InChI is InChI=1S/C12H17N5O/c1-9-15-12(18-16-9)4-6-17-8-13-7-11(17)10-3-2-5-14-10/h7-8,10,14H,2-6H2,1H3. The maximum absolute atomic E-state index is 5.12. The molecule has 2 aromatic rings. The van der Waals surface area contributed by atoms with Crippen molar-refractivity contribution in [2.45, 2.75) is 38.8 Å². The molecule has 3 rings (SSSR count). The van der Waals surface area contributed by atoms with Crippen molar-refractivity contribution >= 4 is 0 Å². The smallest absolute Gasteiger partial charge is 0.228 e. The van der Waals surface area contributed by atoms with Crippen LogP contribution in [0.5, 0.6) is 0 Å². The van der Waals surface area contributed by atoms with Crippen LogP contribution >= 0.6 is 0 Å². The molecule has 18 heavy (non-hydrogen) atoms. The molecule has 6 heteroatoms. The van der Waals surface area contributed by atoms with Gasteiger partial charge in [-0.2, -0.15) is 4.98 Å². The van der Waals surface area contributed by atoms with Crippen LogP contribution in [0.4, 0.5) is 0 Å². The maximum Gasteiger partial charge on any atom is 0.228 e. The Kier molecular flexibility index (Phi) is 3.10. The molecule has 1 saturated heterocycles. The molecule has 6 nitrogen and oxygen atoms in total. The number of rotatable bonds is 4. The van der Waals surface area contributed by atoms with Gasteiger partial charge in [-0.1, -0.05) is 5.16 Å². The summed E-state index contributed by atoms with van der Waals surface area (Å²) in [6, 6.07) is 0.442. The number of imidazole rings is 1. The Hall–Kier alpha value is -1.69. The van der Waals surface area contributed by atoms with E-state index in [2.05, 4.69) is 25.0 Å². The molecule has 0 aliphatic carbocycles. The summed E-state index contributed by atoms with van der Waals surface area (Å²) in [7, 11) is 0. The third kappa shape index (κ3) is 2.28. The van der Waals surface area contributed by atoms with Gasteiger partial charge in [-0.15, -0.1) is 0 Å². The lowest BCUT2D eigenvalue weighted by Crippen LogP contribution is -2.17. The minimum Gasteiger partial charge on any atom is -0.339 e. The average molecular weight is 247 g/mol. The molecular formula is C12H17N5O. The highest BCUT2D eigenvalue weighted by atomic mass is 16.5. The van der Waals surface area contributed by atoms with Crippen LogP contribution in [-0.2, 0) is 13.0 Å². The molecule has 0 bridgehead atoms. The fourth-order valence-corrected chi connectivity index (χ4v) is 2.40. The van der Waals surface area contributed by atoms with Crippen LogP contribution in [0.3, 0.4) is 0 Å². The summed E-state index contributed by atoms with van der Waals surface area (Å²) in [5, 5.41) is 7.28. The Balaban J connectivity index is 1.67. The Morgan fingerprint density at radius 3 is 3.22 bits per heavy atom. The molecule has 0 saturated carbocycles. The summed E-state index contributed by atoms with van der Waals surface area (Å²) in [6.07, 6.45) is 6.99. The van der Waals surface area contributed by atoms with Crippen molar-refractivity contribution in [3.8, 4) is 0 Å². The van der Waals surface area contributed by atoms with Crippen LogP contribution in [0.1, 0.15) is 36.3 Å². The second-order valence-corrected chi connectivity index (χ2v) is 4.65. The molecule has 0 aromatic carbocycles. The van der Waals surface area contributed by atoms with Crippen LogP contribution in [0.2, 0.25) is 0 Å².